The molecular formula is C26H35NO5. The number of epoxide rings is 1. The summed E-state index contributed by atoms with van der Waals surface area (Å²) in [5, 5.41) is 3.38. The maximum atomic E-state index is 13.4. The lowest BCUT2D eigenvalue weighted by Gasteiger charge is -2.24. The predicted molar refractivity (Wildman–Crippen MR) is 123 cm³/mol. The Labute approximate surface area is 190 Å². The zero-order valence-corrected chi connectivity index (χ0v) is 19.7. The number of Topliss-reactive ketones (excluding diaryl/α,β-unsaturated/α-hetero) is 2. The first-order valence-corrected chi connectivity index (χ1v) is 11.7. The number of carbonyl (C=O) groups is 3. The van der Waals surface area contributed by atoms with E-state index in [0.29, 0.717) is 5.56 Å². The summed E-state index contributed by atoms with van der Waals surface area (Å²) in [7, 11) is 0. The highest BCUT2D eigenvalue weighted by Crippen LogP contribution is 2.58. The Morgan fingerprint density at radius 2 is 1.81 bits per heavy atom. The van der Waals surface area contributed by atoms with E-state index in [2.05, 4.69) is 19.2 Å². The predicted octanol–water partition coefficient (Wildman–Crippen LogP) is 4.28. The molecule has 32 heavy (non-hydrogen) atoms. The first-order chi connectivity index (χ1) is 15.3. The number of rotatable bonds is 12. The molecule has 6 heteroatoms. The number of fused-ring (bicyclic) bond motifs is 2. The van der Waals surface area contributed by atoms with Gasteiger partial charge in [0, 0.05) is 30.0 Å². The van der Waals surface area contributed by atoms with E-state index < -0.39 is 23.0 Å². The van der Waals surface area contributed by atoms with Crippen molar-refractivity contribution < 1.29 is 23.9 Å². The second-order valence-electron chi connectivity index (χ2n) is 9.11. The molecule has 174 valence electrons. The lowest BCUT2D eigenvalue weighted by atomic mass is 9.72. The number of unbranched alkanes of at least 4 members (excludes halogenated alkanes) is 1. The Balaban J connectivity index is 1.83. The van der Waals surface area contributed by atoms with Crippen LogP contribution >= 0.6 is 0 Å². The van der Waals surface area contributed by atoms with Gasteiger partial charge in [-0.25, -0.2) is 4.79 Å². The second kappa shape index (κ2) is 10.1. The zero-order chi connectivity index (χ0) is 23.4. The number of ether oxygens (including phenoxy) is 2. The molecule has 0 unspecified atom stereocenters. The maximum absolute atomic E-state index is 13.4. The highest BCUT2D eigenvalue weighted by atomic mass is 16.7. The lowest BCUT2D eigenvalue weighted by molar-refractivity contribution is -0.149. The molecule has 1 N–H and O–H groups in total. The second-order valence-corrected chi connectivity index (χ2v) is 9.11. The average Bonchev–Trinajstić information content (AvgIpc) is 3.50. The van der Waals surface area contributed by atoms with Gasteiger partial charge < -0.3 is 14.8 Å². The topological polar surface area (TPSA) is 85.0 Å². The highest BCUT2D eigenvalue weighted by Gasteiger charge is 2.85. The summed E-state index contributed by atoms with van der Waals surface area (Å²) < 4.78 is 11.5. The zero-order valence-electron chi connectivity index (χ0n) is 19.7. The number of allylic oxidation sites excluding steroid dienone is 1. The van der Waals surface area contributed by atoms with Gasteiger partial charge in [0.1, 0.15) is 0 Å². The van der Waals surface area contributed by atoms with Gasteiger partial charge in [0.25, 0.3) is 5.60 Å². The smallest absolute Gasteiger partial charge is 0.350 e. The van der Waals surface area contributed by atoms with Crippen molar-refractivity contribution in [3.05, 3.63) is 47.0 Å². The number of hydrogen-bond acceptors (Lipinski definition) is 6. The van der Waals surface area contributed by atoms with E-state index in [0.717, 1.165) is 44.3 Å². The summed E-state index contributed by atoms with van der Waals surface area (Å²) in [6, 6.07) is 6.61. The quantitative estimate of drug-likeness (QED) is 0.171. The third-order valence-corrected chi connectivity index (χ3v) is 6.32. The molecule has 1 aromatic carbocycles. The van der Waals surface area contributed by atoms with Crippen molar-refractivity contribution in [1.82, 2.24) is 5.32 Å². The molecule has 0 bridgehead atoms. The van der Waals surface area contributed by atoms with Crippen molar-refractivity contribution >= 4 is 17.5 Å². The van der Waals surface area contributed by atoms with Crippen molar-refractivity contribution in [2.45, 2.75) is 71.0 Å². The van der Waals surface area contributed by atoms with Gasteiger partial charge in [0.15, 0.2) is 11.4 Å². The third kappa shape index (κ3) is 4.30. The van der Waals surface area contributed by atoms with Crippen LogP contribution in [-0.4, -0.2) is 48.4 Å². The fraction of sp³-hybridized carbons (Fsp3) is 0.577. The molecule has 0 spiro atoms. The van der Waals surface area contributed by atoms with Crippen LogP contribution in [0.15, 0.2) is 35.9 Å². The number of benzene rings is 1. The molecule has 0 radical (unpaired) electrons. The Bertz CT molecular complexity index is 903. The standard InChI is InChI=1S/C26H35NO5/c1-5-7-10-19(16-27-15-6-2)17-31-24(30)26-23(29)21-12-9-8-11-20(21)22(28)25(26,32-26)14-13-18(3)4/h8-9,11-13,19,27H,5-7,10,14-17H2,1-4H3/t19-,25+,26+/m1/s1. The number of carbonyl (C=O) groups excluding carboxylic acids is 3. The molecule has 0 saturated carbocycles. The van der Waals surface area contributed by atoms with Gasteiger partial charge in [-0.15, -0.1) is 0 Å². The van der Waals surface area contributed by atoms with Gasteiger partial charge in [0.05, 0.1) is 6.61 Å². The fourth-order valence-electron chi connectivity index (χ4n) is 4.40. The van der Waals surface area contributed by atoms with Gasteiger partial charge in [0.2, 0.25) is 5.78 Å². The number of ketones is 2. The van der Waals surface area contributed by atoms with Crippen LogP contribution in [-0.2, 0) is 14.3 Å². The van der Waals surface area contributed by atoms with Crippen molar-refractivity contribution in [3.63, 3.8) is 0 Å². The molecule has 0 aromatic heterocycles. The Hall–Kier alpha value is -2.31. The molecule has 1 heterocycles. The van der Waals surface area contributed by atoms with E-state index in [1.165, 1.54) is 0 Å². The van der Waals surface area contributed by atoms with Crippen LogP contribution < -0.4 is 5.32 Å². The van der Waals surface area contributed by atoms with Crippen LogP contribution in [0.5, 0.6) is 0 Å². The molecule has 1 fully saturated rings. The molecule has 6 nitrogen and oxygen atoms in total. The summed E-state index contributed by atoms with van der Waals surface area (Å²) in [6.07, 6.45) is 6.05. The molecule has 1 aliphatic carbocycles. The normalized spacial score (nSPS) is 24.4. The summed E-state index contributed by atoms with van der Waals surface area (Å²) in [6.45, 7) is 9.89. The van der Waals surface area contributed by atoms with Gasteiger partial charge in [-0.2, -0.15) is 0 Å². The van der Waals surface area contributed by atoms with E-state index in [4.69, 9.17) is 9.47 Å². The van der Waals surface area contributed by atoms with Crippen LogP contribution in [0.4, 0.5) is 0 Å². The fourth-order valence-corrected chi connectivity index (χ4v) is 4.40. The summed E-state index contributed by atoms with van der Waals surface area (Å²) >= 11 is 0. The number of hydrogen-bond donors (Lipinski definition) is 1. The van der Waals surface area contributed by atoms with Crippen molar-refractivity contribution in [2.75, 3.05) is 19.7 Å². The first kappa shape index (κ1) is 24.3. The lowest BCUT2D eigenvalue weighted by Crippen LogP contribution is -2.50. The Morgan fingerprint density at radius 1 is 1.12 bits per heavy atom. The van der Waals surface area contributed by atoms with Crippen LogP contribution in [0.3, 0.4) is 0 Å². The SMILES string of the molecule is CCCC[C@H](CNCCC)COC(=O)[C@]12O[C@@]1(CC=C(C)C)C(=O)c1ccccc1C2=O. The van der Waals surface area contributed by atoms with Crippen molar-refractivity contribution in [3.8, 4) is 0 Å². The summed E-state index contributed by atoms with van der Waals surface area (Å²) in [4.78, 5) is 40.1. The molecule has 1 aromatic rings. The van der Waals surface area contributed by atoms with Gasteiger partial charge in [-0.1, -0.05) is 62.6 Å². The molecule has 1 aliphatic heterocycles. The number of nitrogens with one attached hydrogen (secondary N) is 1. The van der Waals surface area contributed by atoms with Crippen molar-refractivity contribution in [2.24, 2.45) is 5.92 Å². The van der Waals surface area contributed by atoms with E-state index in [-0.39, 0.29) is 30.3 Å². The number of esters is 1. The van der Waals surface area contributed by atoms with Gasteiger partial charge >= 0.3 is 5.97 Å². The van der Waals surface area contributed by atoms with Crippen LogP contribution in [0, 0.1) is 5.92 Å². The summed E-state index contributed by atoms with van der Waals surface area (Å²) in [5.41, 5.74) is -1.86. The van der Waals surface area contributed by atoms with Gasteiger partial charge in [-0.3, -0.25) is 9.59 Å². The minimum Gasteiger partial charge on any atom is -0.463 e. The molecule has 1 saturated heterocycles. The first-order valence-electron chi connectivity index (χ1n) is 11.7. The highest BCUT2D eigenvalue weighted by molar-refractivity contribution is 6.32. The monoisotopic (exact) mass is 441 g/mol. The Morgan fingerprint density at radius 3 is 2.44 bits per heavy atom. The summed E-state index contributed by atoms with van der Waals surface area (Å²) in [5.74, 6) is -1.40. The van der Waals surface area contributed by atoms with E-state index in [1.54, 1.807) is 24.3 Å². The minimum absolute atomic E-state index is 0.148. The minimum atomic E-state index is -1.88. The largest absolute Gasteiger partial charge is 0.463 e. The van der Waals surface area contributed by atoms with Crippen LogP contribution in [0.1, 0.15) is 80.5 Å². The molecule has 3 rings (SSSR count). The molecule has 3 atom stereocenters. The maximum Gasteiger partial charge on any atom is 0.350 e. The Kier molecular flexibility index (Phi) is 7.67. The molecule has 0 amide bonds. The van der Waals surface area contributed by atoms with E-state index in [9.17, 15) is 14.4 Å². The van der Waals surface area contributed by atoms with Crippen LogP contribution in [0.2, 0.25) is 0 Å². The average molecular weight is 442 g/mol. The van der Waals surface area contributed by atoms with E-state index in [1.807, 2.05) is 19.9 Å². The molecule has 2 aliphatic rings. The third-order valence-electron chi connectivity index (χ3n) is 6.32. The van der Waals surface area contributed by atoms with Crippen molar-refractivity contribution in [1.29, 1.82) is 0 Å². The van der Waals surface area contributed by atoms with Crippen LogP contribution in [0.25, 0.3) is 0 Å². The van der Waals surface area contributed by atoms with E-state index >= 15 is 0 Å². The molecular weight excluding hydrogens is 406 g/mol. The van der Waals surface area contributed by atoms with Gasteiger partial charge in [-0.05, 0) is 33.2 Å².